The van der Waals surface area contributed by atoms with Gasteiger partial charge >= 0.3 is 36.8 Å². The number of rotatable bonds is 8. The van der Waals surface area contributed by atoms with Crippen molar-refractivity contribution in [1.82, 2.24) is 9.80 Å². The van der Waals surface area contributed by atoms with Gasteiger partial charge in [0, 0.05) is 56.5 Å². The monoisotopic (exact) mass is 883 g/mol. The predicted octanol–water partition coefficient (Wildman–Crippen LogP) is 8.34. The van der Waals surface area contributed by atoms with Crippen molar-refractivity contribution in [3.63, 3.8) is 0 Å². The summed E-state index contributed by atoms with van der Waals surface area (Å²) in [6.45, 7) is 15.1. The average Bonchev–Trinajstić information content (AvgIpc) is 3.64. The Hall–Kier alpha value is -2.67. The van der Waals surface area contributed by atoms with Crippen molar-refractivity contribution in [2.24, 2.45) is 0 Å². The standard InChI is InChI=1S/C18H26BNO2.C13H14F3NO3S.C12H24B2O4/c1-17(2)18(3,4)22-19(21-17)16-10-12-20(13-11-16)14-15-8-6-5-7-9-15;14-13(15,16)21(18,19)20-12-6-8-17(9-7-12)10-11-4-2-1-3-5-11;1-9(2)10(3,4)16-13(15-9)14-17-11(5,6)12(7,8)18-14/h5-10H,11-14H2,1-4H3;1-6H,7-10H2;1-8H3/i12D2,13D2;8D2,9D2;. The number of halogens is 3. The highest BCUT2D eigenvalue weighted by Crippen LogP contribution is 2.43. The van der Waals surface area contributed by atoms with Gasteiger partial charge in [-0.05, 0) is 112 Å². The summed E-state index contributed by atoms with van der Waals surface area (Å²) in [5, 5.41) is 0. The molecule has 7 rings (SSSR count). The zero-order valence-electron chi connectivity index (χ0n) is 45.1. The summed E-state index contributed by atoms with van der Waals surface area (Å²) in [4.78, 5) is 2.03. The highest BCUT2D eigenvalue weighted by molar-refractivity contribution is 7.87. The van der Waals surface area contributed by atoms with Crippen molar-refractivity contribution in [2.45, 2.75) is 148 Å². The molecule has 11 nitrogen and oxygen atoms in total. The SMILES string of the molecule is CC1(C)OB(B2OC(C)(C)C(C)(C)O2)OC1(C)C.[2H]C1([2H])C=C(B2OC(C)(C)C(C)(C)O2)CC([2H])([2H])N1Cc1ccccc1.[2H]C1([2H])C=C(OS(=O)(=O)C(F)(F)F)CC([2H])([2H])N1Cc1ccccc1. The molecule has 0 aliphatic carbocycles. The van der Waals surface area contributed by atoms with Crippen LogP contribution in [0.2, 0.25) is 0 Å². The molecule has 0 spiro atoms. The van der Waals surface area contributed by atoms with Crippen LogP contribution in [0.1, 0.15) is 118 Å². The van der Waals surface area contributed by atoms with Gasteiger partial charge in [-0.25, -0.2) is 0 Å². The van der Waals surface area contributed by atoms with E-state index in [1.807, 2.05) is 113 Å². The van der Waals surface area contributed by atoms with Gasteiger partial charge in [-0.3, -0.25) is 9.80 Å². The third kappa shape index (κ3) is 12.1. The lowest BCUT2D eigenvalue weighted by Gasteiger charge is -2.32. The van der Waals surface area contributed by atoms with E-state index in [0.717, 1.165) is 10.5 Å². The average molecular weight is 883 g/mol. The van der Waals surface area contributed by atoms with Crippen molar-refractivity contribution in [3.8, 4) is 0 Å². The second kappa shape index (κ2) is 18.4. The van der Waals surface area contributed by atoms with Gasteiger partial charge in [0.2, 0.25) is 0 Å². The van der Waals surface area contributed by atoms with Crippen LogP contribution < -0.4 is 0 Å². The smallest absolute Gasteiger partial charge is 0.405 e. The fourth-order valence-electron chi connectivity index (χ4n) is 5.99. The van der Waals surface area contributed by atoms with Gasteiger partial charge in [0.15, 0.2) is 0 Å². The van der Waals surface area contributed by atoms with Gasteiger partial charge < -0.3 is 32.1 Å². The molecule has 3 fully saturated rings. The number of benzene rings is 2. The Morgan fingerprint density at radius 1 is 0.607 bits per heavy atom. The zero-order valence-corrected chi connectivity index (χ0v) is 37.9. The Morgan fingerprint density at radius 3 is 1.33 bits per heavy atom. The Kier molecular flexibility index (Phi) is 11.7. The molecule has 0 N–H and O–H groups in total. The molecule has 0 atom stereocenters. The normalized spacial score (nSPS) is 29.5. The van der Waals surface area contributed by atoms with E-state index < -0.39 is 86.1 Å². The first kappa shape index (κ1) is 38.8. The fraction of sp³-hybridized carbons (Fsp3) is 0.628. The largest absolute Gasteiger partial charge is 0.534 e. The van der Waals surface area contributed by atoms with E-state index in [4.69, 9.17) is 38.9 Å². The van der Waals surface area contributed by atoms with Crippen LogP contribution in [0.3, 0.4) is 0 Å². The summed E-state index contributed by atoms with van der Waals surface area (Å²) >= 11 is 0. The number of hydrogen-bond acceptors (Lipinski definition) is 11. The summed E-state index contributed by atoms with van der Waals surface area (Å²) < 4.78 is 165. The molecule has 5 aliphatic heterocycles. The van der Waals surface area contributed by atoms with Gasteiger partial charge in [-0.1, -0.05) is 66.7 Å². The molecule has 0 saturated carbocycles. The molecule has 2 aromatic carbocycles. The maximum absolute atomic E-state index is 12.4. The summed E-state index contributed by atoms with van der Waals surface area (Å²) in [5.41, 5.74) is -6.25. The molecule has 5 aliphatic rings. The quantitative estimate of drug-likeness (QED) is 0.145. The first-order chi connectivity index (χ1) is 31.0. The maximum Gasteiger partial charge on any atom is 0.534 e. The van der Waals surface area contributed by atoms with Gasteiger partial charge in [0.1, 0.15) is 5.76 Å². The number of alkyl halides is 3. The molecule has 0 amide bonds. The van der Waals surface area contributed by atoms with Crippen LogP contribution in [0.5, 0.6) is 0 Å². The summed E-state index contributed by atoms with van der Waals surface area (Å²) in [6.07, 6.45) is 1.19. The van der Waals surface area contributed by atoms with E-state index in [2.05, 4.69) is 4.18 Å². The zero-order chi connectivity index (χ0) is 52.5. The van der Waals surface area contributed by atoms with Gasteiger partial charge in [0.05, 0.1) is 33.6 Å². The van der Waals surface area contributed by atoms with Gasteiger partial charge in [-0.2, -0.15) is 21.6 Å². The molecule has 61 heavy (non-hydrogen) atoms. The Balaban J connectivity index is 0.000000196. The highest BCUT2D eigenvalue weighted by Gasteiger charge is 2.64. The fourth-order valence-corrected chi connectivity index (χ4v) is 6.47. The second-order valence-corrected chi connectivity index (χ2v) is 19.8. The van der Waals surface area contributed by atoms with Gasteiger partial charge in [-0.15, -0.1) is 0 Å². The van der Waals surface area contributed by atoms with Crippen molar-refractivity contribution in [1.29, 1.82) is 0 Å². The summed E-state index contributed by atoms with van der Waals surface area (Å²) in [5.74, 6) is -0.934. The van der Waals surface area contributed by atoms with E-state index in [1.54, 1.807) is 30.3 Å². The topological polar surface area (TPSA) is 105 Å². The first-order valence-corrected chi connectivity index (χ1v) is 21.5. The van der Waals surface area contributed by atoms with E-state index in [1.165, 1.54) is 11.0 Å². The highest BCUT2D eigenvalue weighted by atomic mass is 32.2. The third-order valence-corrected chi connectivity index (χ3v) is 12.9. The molecule has 0 unspecified atom stereocenters. The Bertz CT molecular complexity index is 2250. The summed E-state index contributed by atoms with van der Waals surface area (Å²) in [6, 6.07) is 17.7. The third-order valence-electron chi connectivity index (χ3n) is 11.9. The minimum absolute atomic E-state index is 0.0379. The lowest BCUT2D eigenvalue weighted by molar-refractivity contribution is -0.0525. The maximum atomic E-state index is 12.4. The van der Waals surface area contributed by atoms with Crippen molar-refractivity contribution in [2.75, 3.05) is 26.0 Å². The summed E-state index contributed by atoms with van der Waals surface area (Å²) in [7, 11) is -7.68. The van der Waals surface area contributed by atoms with Crippen molar-refractivity contribution < 1.29 is 64.7 Å². The van der Waals surface area contributed by atoms with Crippen LogP contribution in [0.4, 0.5) is 13.2 Å². The first-order valence-electron chi connectivity index (χ1n) is 24.1. The molecule has 0 aromatic heterocycles. The molecule has 3 saturated heterocycles. The second-order valence-electron chi connectivity index (χ2n) is 18.2. The van der Waals surface area contributed by atoms with Crippen LogP contribution >= 0.6 is 0 Å². The Morgan fingerprint density at radius 2 is 0.967 bits per heavy atom. The van der Waals surface area contributed by atoms with E-state index in [9.17, 15) is 21.6 Å². The van der Waals surface area contributed by atoms with Gasteiger partial charge in [0.25, 0.3) is 0 Å². The van der Waals surface area contributed by atoms with Crippen LogP contribution in [0.15, 0.2) is 84.0 Å². The molecular formula is C43H64B3F3N2O9S. The van der Waals surface area contributed by atoms with Crippen LogP contribution in [0, 0.1) is 0 Å². The molecule has 0 radical (unpaired) electrons. The van der Waals surface area contributed by atoms with Crippen LogP contribution in [0.25, 0.3) is 0 Å². The van der Waals surface area contributed by atoms with Crippen molar-refractivity contribution in [3.05, 3.63) is 95.2 Å². The van der Waals surface area contributed by atoms with Crippen molar-refractivity contribution >= 4 is 31.3 Å². The lowest BCUT2D eigenvalue weighted by atomic mass is 9.49. The van der Waals surface area contributed by atoms with E-state index in [0.29, 0.717) is 17.1 Å². The molecule has 5 heterocycles. The minimum atomic E-state index is -5.99. The van der Waals surface area contributed by atoms with Crippen LogP contribution in [-0.2, 0) is 55.3 Å². The molecular weight excluding hydrogens is 810 g/mol. The molecule has 2 aromatic rings. The molecule has 336 valence electrons. The number of nitrogens with zero attached hydrogens (tertiary/aromatic N) is 2. The van der Waals surface area contributed by atoms with E-state index >= 15 is 0 Å². The lowest BCUT2D eigenvalue weighted by Crippen LogP contribution is -2.41. The minimum Gasteiger partial charge on any atom is -0.405 e. The van der Waals surface area contributed by atoms with E-state index in [-0.39, 0.29) is 41.9 Å². The molecule has 18 heteroatoms. The predicted molar refractivity (Wildman–Crippen MR) is 233 cm³/mol. The Labute approximate surface area is 374 Å². The molecule has 0 bridgehead atoms. The van der Waals surface area contributed by atoms with Crippen LogP contribution in [-0.4, -0.2) is 104 Å². The number of hydrogen-bond donors (Lipinski definition) is 0.